The van der Waals surface area contributed by atoms with E-state index in [-0.39, 0.29) is 11.6 Å². The zero-order valence-corrected chi connectivity index (χ0v) is 9.27. The van der Waals surface area contributed by atoms with Crippen LogP contribution in [0.3, 0.4) is 0 Å². The smallest absolute Gasteiger partial charge is 0.333 e. The Hall–Kier alpha value is -0.790. The molecule has 1 aliphatic rings. The predicted octanol–water partition coefficient (Wildman–Crippen LogP) is 3.22. The summed E-state index contributed by atoms with van der Waals surface area (Å²) in [7, 11) is 0. The van der Waals surface area contributed by atoms with Gasteiger partial charge in [0.15, 0.2) is 0 Å². The quantitative estimate of drug-likeness (QED) is 0.511. The molecule has 1 rings (SSSR count). The fraction of sp³-hybridized carbons (Fsp3) is 0.750. The molecule has 0 bridgehead atoms. The fourth-order valence-electron chi connectivity index (χ4n) is 1.84. The standard InChI is InChI=1S/C12H20O2/c1-4-10(2)11(13)14-12(3)8-6-5-7-9-12/h2,4-9H2,1,3H3. The summed E-state index contributed by atoms with van der Waals surface area (Å²) < 4.78 is 5.49. The molecule has 0 amide bonds. The molecule has 80 valence electrons. The van der Waals surface area contributed by atoms with E-state index in [9.17, 15) is 4.79 Å². The van der Waals surface area contributed by atoms with Gasteiger partial charge in [0.1, 0.15) is 5.60 Å². The number of carbonyl (C=O) groups excluding carboxylic acids is 1. The zero-order chi connectivity index (χ0) is 10.6. The Labute approximate surface area is 86.3 Å². The maximum absolute atomic E-state index is 11.5. The van der Waals surface area contributed by atoms with Gasteiger partial charge < -0.3 is 4.74 Å². The Morgan fingerprint density at radius 1 is 1.36 bits per heavy atom. The molecule has 0 aliphatic heterocycles. The van der Waals surface area contributed by atoms with Gasteiger partial charge in [0.25, 0.3) is 0 Å². The van der Waals surface area contributed by atoms with Gasteiger partial charge in [-0.05, 0) is 39.0 Å². The van der Waals surface area contributed by atoms with E-state index in [2.05, 4.69) is 6.58 Å². The van der Waals surface area contributed by atoms with Crippen LogP contribution in [0.4, 0.5) is 0 Å². The van der Waals surface area contributed by atoms with Crippen molar-refractivity contribution in [2.24, 2.45) is 0 Å². The first kappa shape index (κ1) is 11.3. The van der Waals surface area contributed by atoms with Gasteiger partial charge >= 0.3 is 5.97 Å². The first-order valence-electron chi connectivity index (χ1n) is 5.48. The van der Waals surface area contributed by atoms with Gasteiger partial charge in [-0.15, -0.1) is 0 Å². The minimum Gasteiger partial charge on any atom is -0.456 e. The molecule has 0 saturated heterocycles. The average Bonchev–Trinajstić information content (AvgIpc) is 2.17. The van der Waals surface area contributed by atoms with Gasteiger partial charge in [0, 0.05) is 5.57 Å². The first-order chi connectivity index (χ1) is 6.57. The highest BCUT2D eigenvalue weighted by Gasteiger charge is 2.30. The third-order valence-electron chi connectivity index (χ3n) is 2.97. The molecule has 1 aliphatic carbocycles. The molecule has 0 heterocycles. The van der Waals surface area contributed by atoms with E-state index in [1.54, 1.807) is 0 Å². The fourth-order valence-corrected chi connectivity index (χ4v) is 1.84. The second kappa shape index (κ2) is 4.63. The third kappa shape index (κ3) is 2.86. The molecule has 0 unspecified atom stereocenters. The topological polar surface area (TPSA) is 26.3 Å². The molecule has 14 heavy (non-hydrogen) atoms. The zero-order valence-electron chi connectivity index (χ0n) is 9.27. The van der Waals surface area contributed by atoms with Crippen molar-refractivity contribution in [2.45, 2.75) is 58.0 Å². The van der Waals surface area contributed by atoms with Gasteiger partial charge in [-0.25, -0.2) is 4.79 Å². The summed E-state index contributed by atoms with van der Waals surface area (Å²) in [6, 6.07) is 0. The van der Waals surface area contributed by atoms with Gasteiger partial charge in [0.2, 0.25) is 0 Å². The van der Waals surface area contributed by atoms with E-state index in [1.165, 1.54) is 19.3 Å². The number of rotatable bonds is 3. The molecular weight excluding hydrogens is 176 g/mol. The Balaban J connectivity index is 2.49. The Kier molecular flexibility index (Phi) is 3.73. The normalized spacial score (nSPS) is 20.1. The summed E-state index contributed by atoms with van der Waals surface area (Å²) in [6.07, 6.45) is 6.27. The number of hydrogen-bond acceptors (Lipinski definition) is 2. The van der Waals surface area contributed by atoms with Crippen molar-refractivity contribution in [3.8, 4) is 0 Å². The van der Waals surface area contributed by atoms with Crippen molar-refractivity contribution < 1.29 is 9.53 Å². The summed E-state index contributed by atoms with van der Waals surface area (Å²) in [5.74, 6) is -0.211. The van der Waals surface area contributed by atoms with Crippen LogP contribution in [0.5, 0.6) is 0 Å². The summed E-state index contributed by atoms with van der Waals surface area (Å²) in [6.45, 7) is 7.65. The van der Waals surface area contributed by atoms with E-state index < -0.39 is 0 Å². The lowest BCUT2D eigenvalue weighted by Gasteiger charge is -2.33. The van der Waals surface area contributed by atoms with Gasteiger partial charge in [-0.1, -0.05) is 19.9 Å². The van der Waals surface area contributed by atoms with Crippen molar-refractivity contribution in [1.82, 2.24) is 0 Å². The molecular formula is C12H20O2. The highest BCUT2D eigenvalue weighted by atomic mass is 16.6. The largest absolute Gasteiger partial charge is 0.456 e. The molecule has 0 radical (unpaired) electrons. The van der Waals surface area contributed by atoms with Crippen LogP contribution >= 0.6 is 0 Å². The molecule has 0 aromatic rings. The van der Waals surface area contributed by atoms with Gasteiger partial charge in [-0.3, -0.25) is 0 Å². The number of carbonyl (C=O) groups is 1. The molecule has 0 aromatic heterocycles. The molecule has 0 spiro atoms. The lowest BCUT2D eigenvalue weighted by atomic mass is 9.86. The SMILES string of the molecule is C=C(CC)C(=O)OC1(C)CCCCC1. The molecule has 2 heteroatoms. The summed E-state index contributed by atoms with van der Waals surface area (Å²) in [5, 5.41) is 0. The van der Waals surface area contributed by atoms with Gasteiger partial charge in [0.05, 0.1) is 0 Å². The van der Waals surface area contributed by atoms with Crippen molar-refractivity contribution in [3.63, 3.8) is 0 Å². The highest BCUT2D eigenvalue weighted by molar-refractivity contribution is 5.87. The maximum Gasteiger partial charge on any atom is 0.333 e. The maximum atomic E-state index is 11.5. The van der Waals surface area contributed by atoms with E-state index >= 15 is 0 Å². The van der Waals surface area contributed by atoms with Crippen molar-refractivity contribution in [2.75, 3.05) is 0 Å². The summed E-state index contributed by atoms with van der Waals surface area (Å²) in [4.78, 5) is 11.5. The van der Waals surface area contributed by atoms with Crippen LogP contribution in [0.15, 0.2) is 12.2 Å². The Morgan fingerprint density at radius 3 is 2.43 bits per heavy atom. The van der Waals surface area contributed by atoms with E-state index in [4.69, 9.17) is 4.74 Å². The monoisotopic (exact) mass is 196 g/mol. The van der Waals surface area contributed by atoms with Crippen LogP contribution in [0.1, 0.15) is 52.4 Å². The van der Waals surface area contributed by atoms with E-state index in [0.717, 1.165) is 12.8 Å². The second-order valence-corrected chi connectivity index (χ2v) is 4.36. The first-order valence-corrected chi connectivity index (χ1v) is 5.48. The molecule has 2 nitrogen and oxygen atoms in total. The summed E-state index contributed by atoms with van der Waals surface area (Å²) >= 11 is 0. The van der Waals surface area contributed by atoms with Crippen LogP contribution in [-0.4, -0.2) is 11.6 Å². The molecule has 0 aromatic carbocycles. The molecule has 1 fully saturated rings. The third-order valence-corrected chi connectivity index (χ3v) is 2.97. The van der Waals surface area contributed by atoms with Crippen LogP contribution in [-0.2, 0) is 9.53 Å². The predicted molar refractivity (Wildman–Crippen MR) is 57.0 cm³/mol. The highest BCUT2D eigenvalue weighted by Crippen LogP contribution is 2.31. The van der Waals surface area contributed by atoms with Crippen LogP contribution in [0.2, 0.25) is 0 Å². The Morgan fingerprint density at radius 2 is 1.93 bits per heavy atom. The molecule has 0 N–H and O–H groups in total. The van der Waals surface area contributed by atoms with Crippen molar-refractivity contribution in [3.05, 3.63) is 12.2 Å². The minimum absolute atomic E-state index is 0.211. The average molecular weight is 196 g/mol. The van der Waals surface area contributed by atoms with Crippen LogP contribution < -0.4 is 0 Å². The van der Waals surface area contributed by atoms with Crippen molar-refractivity contribution in [1.29, 1.82) is 0 Å². The molecule has 1 saturated carbocycles. The minimum atomic E-state index is -0.229. The second-order valence-electron chi connectivity index (χ2n) is 4.36. The lowest BCUT2D eigenvalue weighted by Crippen LogP contribution is -2.34. The Bertz CT molecular complexity index is 224. The number of ether oxygens (including phenoxy) is 1. The number of esters is 1. The summed E-state index contributed by atoms with van der Waals surface area (Å²) in [5.41, 5.74) is 0.352. The number of hydrogen-bond donors (Lipinski definition) is 0. The van der Waals surface area contributed by atoms with E-state index in [1.807, 2.05) is 13.8 Å². The van der Waals surface area contributed by atoms with Crippen LogP contribution in [0.25, 0.3) is 0 Å². The molecule has 0 atom stereocenters. The van der Waals surface area contributed by atoms with E-state index in [0.29, 0.717) is 12.0 Å². The van der Waals surface area contributed by atoms with Gasteiger partial charge in [-0.2, -0.15) is 0 Å². The van der Waals surface area contributed by atoms with Crippen LogP contribution in [0, 0.1) is 0 Å². The lowest BCUT2D eigenvalue weighted by molar-refractivity contribution is -0.156. The van der Waals surface area contributed by atoms with Crippen molar-refractivity contribution >= 4 is 5.97 Å².